The zero-order chi connectivity index (χ0) is 15.7. The summed E-state index contributed by atoms with van der Waals surface area (Å²) in [6, 6.07) is 5.32. The summed E-state index contributed by atoms with van der Waals surface area (Å²) in [6.45, 7) is 0. The van der Waals surface area contributed by atoms with Crippen molar-refractivity contribution in [2.75, 3.05) is 0 Å². The summed E-state index contributed by atoms with van der Waals surface area (Å²) >= 11 is 2.30. The minimum atomic E-state index is -4.49. The quantitative estimate of drug-likeness (QED) is 0.644. The van der Waals surface area contributed by atoms with Gasteiger partial charge in [0.2, 0.25) is 5.88 Å². The van der Waals surface area contributed by atoms with Crippen LogP contribution in [-0.4, -0.2) is 15.0 Å². The Morgan fingerprint density at radius 1 is 1.14 bits per heavy atom. The molecule has 0 amide bonds. The van der Waals surface area contributed by atoms with Gasteiger partial charge in [0, 0.05) is 11.4 Å². The molecule has 0 fully saturated rings. The molecular weight excluding hydrogens is 354 g/mol. The van der Waals surface area contributed by atoms with E-state index < -0.39 is 11.9 Å². The number of rotatable bonds is 3. The third-order valence-electron chi connectivity index (χ3n) is 2.58. The number of aromatic nitrogens is 3. The molecule has 3 aromatic heterocycles. The van der Waals surface area contributed by atoms with Gasteiger partial charge in [0.1, 0.15) is 0 Å². The molecule has 0 saturated carbocycles. The van der Waals surface area contributed by atoms with E-state index in [4.69, 9.17) is 4.52 Å². The van der Waals surface area contributed by atoms with Gasteiger partial charge in [-0.25, -0.2) is 9.97 Å². The van der Waals surface area contributed by atoms with Gasteiger partial charge >= 0.3 is 6.18 Å². The van der Waals surface area contributed by atoms with E-state index in [1.807, 2.05) is 27.0 Å². The number of hydrogen-bond donors (Lipinski definition) is 0. The maximum absolute atomic E-state index is 12.6. The van der Waals surface area contributed by atoms with E-state index in [9.17, 15) is 13.2 Å². The van der Waals surface area contributed by atoms with Crippen LogP contribution < -0.4 is 4.52 Å². The highest BCUT2D eigenvalue weighted by Gasteiger charge is 2.34. The number of nitrogens with zero attached hydrogens (tertiary/aromatic N) is 3. The number of hydrogen-bond acceptors (Lipinski definition) is 6. The van der Waals surface area contributed by atoms with Crippen LogP contribution in [0.1, 0.15) is 5.69 Å². The van der Waals surface area contributed by atoms with Crippen molar-refractivity contribution in [3.63, 3.8) is 0 Å². The van der Waals surface area contributed by atoms with Gasteiger partial charge in [0.05, 0.1) is 20.0 Å². The third kappa shape index (κ3) is 3.11. The lowest BCUT2D eigenvalue weighted by atomic mass is 10.3. The molecular formula is C12H7F3N3OPS2. The Bertz CT molecular complexity index is 789. The van der Waals surface area contributed by atoms with E-state index in [-0.39, 0.29) is 16.7 Å². The van der Waals surface area contributed by atoms with Crippen LogP contribution in [0, 0.1) is 0 Å². The van der Waals surface area contributed by atoms with Crippen LogP contribution in [0.3, 0.4) is 0 Å². The highest BCUT2D eigenvalue weighted by Crippen LogP contribution is 2.34. The molecule has 1 atom stereocenters. The maximum Gasteiger partial charge on any atom is 0.434 e. The first-order valence-corrected chi connectivity index (χ1v) is 8.03. The van der Waals surface area contributed by atoms with Gasteiger partial charge in [0.15, 0.2) is 16.5 Å². The number of thiophene rings is 1. The molecule has 10 heteroatoms. The van der Waals surface area contributed by atoms with E-state index in [1.54, 1.807) is 6.07 Å². The smallest absolute Gasteiger partial charge is 0.434 e. The standard InChI is InChI=1S/C12H7F3N3OPS2/c13-12(14,15)8-5-22-11(17-8)10-16-6(4-9(18-10)19-20)7-2-1-3-21-7/h1-5H,20H2. The zero-order valence-corrected chi connectivity index (χ0v) is 13.5. The summed E-state index contributed by atoms with van der Waals surface area (Å²) in [5, 5.41) is 2.91. The Hall–Kier alpha value is -1.57. The molecule has 22 heavy (non-hydrogen) atoms. The van der Waals surface area contributed by atoms with Crippen LogP contribution >= 0.6 is 32.1 Å². The molecule has 0 N–H and O–H groups in total. The van der Waals surface area contributed by atoms with Crippen molar-refractivity contribution in [2.24, 2.45) is 0 Å². The largest absolute Gasteiger partial charge is 0.463 e. The monoisotopic (exact) mass is 361 g/mol. The van der Waals surface area contributed by atoms with Crippen LogP contribution in [0.15, 0.2) is 29.0 Å². The van der Waals surface area contributed by atoms with Gasteiger partial charge in [0.25, 0.3) is 0 Å². The highest BCUT2D eigenvalue weighted by molar-refractivity contribution is 7.13. The van der Waals surface area contributed by atoms with Gasteiger partial charge in [-0.05, 0) is 11.4 Å². The molecule has 114 valence electrons. The molecule has 0 saturated heterocycles. The van der Waals surface area contributed by atoms with Gasteiger partial charge in [-0.15, -0.1) is 22.7 Å². The Balaban J connectivity index is 2.07. The number of halogens is 3. The molecule has 0 radical (unpaired) electrons. The van der Waals surface area contributed by atoms with Crippen molar-refractivity contribution >= 4 is 32.1 Å². The van der Waals surface area contributed by atoms with Crippen LogP contribution in [0.4, 0.5) is 13.2 Å². The Kier molecular flexibility index (Phi) is 4.12. The van der Waals surface area contributed by atoms with Crippen LogP contribution in [0.2, 0.25) is 0 Å². The minimum Gasteiger partial charge on any atom is -0.463 e. The number of thiazole rings is 1. The first-order valence-electron chi connectivity index (χ1n) is 5.80. The lowest BCUT2D eigenvalue weighted by Gasteiger charge is -2.04. The molecule has 3 heterocycles. The highest BCUT2D eigenvalue weighted by atomic mass is 32.1. The van der Waals surface area contributed by atoms with Crippen molar-refractivity contribution in [1.29, 1.82) is 0 Å². The van der Waals surface area contributed by atoms with E-state index >= 15 is 0 Å². The summed E-state index contributed by atoms with van der Waals surface area (Å²) in [5.41, 5.74) is -0.382. The fourth-order valence-electron chi connectivity index (χ4n) is 1.64. The molecule has 0 aliphatic rings. The number of alkyl halides is 3. The Labute approximate surface area is 133 Å². The van der Waals surface area contributed by atoms with Crippen molar-refractivity contribution in [3.8, 4) is 27.3 Å². The minimum absolute atomic E-state index is 0.0917. The SMILES string of the molecule is FC(F)(F)c1csc(-c2nc(OP)cc(-c3cccs3)n2)n1. The molecule has 1 unspecified atom stereocenters. The Morgan fingerprint density at radius 2 is 1.95 bits per heavy atom. The Morgan fingerprint density at radius 3 is 2.55 bits per heavy atom. The fourth-order valence-corrected chi connectivity index (χ4v) is 3.20. The maximum atomic E-state index is 12.6. The second-order valence-electron chi connectivity index (χ2n) is 4.05. The second-order valence-corrected chi connectivity index (χ2v) is 6.09. The summed E-state index contributed by atoms with van der Waals surface area (Å²) in [6.07, 6.45) is -4.49. The lowest BCUT2D eigenvalue weighted by molar-refractivity contribution is -0.140. The average molecular weight is 361 g/mol. The van der Waals surface area contributed by atoms with Gasteiger partial charge in [-0.1, -0.05) is 6.07 Å². The topological polar surface area (TPSA) is 47.9 Å². The molecule has 3 aromatic rings. The fraction of sp³-hybridized carbons (Fsp3) is 0.0833. The van der Waals surface area contributed by atoms with E-state index in [0.717, 1.165) is 21.6 Å². The summed E-state index contributed by atoms with van der Waals surface area (Å²) in [4.78, 5) is 12.8. The predicted molar refractivity (Wildman–Crippen MR) is 81.8 cm³/mol. The average Bonchev–Trinajstić information content (AvgIpc) is 3.17. The van der Waals surface area contributed by atoms with Crippen molar-refractivity contribution in [1.82, 2.24) is 15.0 Å². The molecule has 0 aliphatic heterocycles. The lowest BCUT2D eigenvalue weighted by Crippen LogP contribution is -2.05. The summed E-state index contributed by atoms with van der Waals surface area (Å²) < 4.78 is 42.9. The van der Waals surface area contributed by atoms with E-state index in [0.29, 0.717) is 5.69 Å². The molecule has 0 spiro atoms. The van der Waals surface area contributed by atoms with Crippen LogP contribution in [-0.2, 0) is 6.18 Å². The third-order valence-corrected chi connectivity index (χ3v) is 4.56. The molecule has 0 bridgehead atoms. The molecule has 4 nitrogen and oxygen atoms in total. The van der Waals surface area contributed by atoms with E-state index in [2.05, 4.69) is 15.0 Å². The second kappa shape index (κ2) is 5.91. The van der Waals surface area contributed by atoms with Crippen molar-refractivity contribution in [3.05, 3.63) is 34.7 Å². The first kappa shape index (κ1) is 15.3. The van der Waals surface area contributed by atoms with Crippen molar-refractivity contribution in [2.45, 2.75) is 6.18 Å². The van der Waals surface area contributed by atoms with Crippen LogP contribution in [0.25, 0.3) is 21.4 Å². The predicted octanol–water partition coefficient (Wildman–Crippen LogP) is 4.52. The molecule has 0 aliphatic carbocycles. The molecule has 0 aromatic carbocycles. The zero-order valence-electron chi connectivity index (χ0n) is 10.7. The summed E-state index contributed by atoms with van der Waals surface area (Å²) in [5.74, 6) is 0.339. The van der Waals surface area contributed by atoms with Crippen LogP contribution in [0.5, 0.6) is 5.88 Å². The molecule has 3 rings (SSSR count). The van der Waals surface area contributed by atoms with Gasteiger partial charge < -0.3 is 4.52 Å². The summed E-state index contributed by atoms with van der Waals surface area (Å²) in [7, 11) is 2.05. The normalized spacial score (nSPS) is 11.6. The van der Waals surface area contributed by atoms with Gasteiger partial charge in [-0.3, -0.25) is 0 Å². The first-order chi connectivity index (χ1) is 10.5. The van der Waals surface area contributed by atoms with E-state index in [1.165, 1.54) is 11.3 Å². The van der Waals surface area contributed by atoms with Crippen molar-refractivity contribution < 1.29 is 17.7 Å². The van der Waals surface area contributed by atoms with Gasteiger partial charge in [-0.2, -0.15) is 18.2 Å².